The molecule has 0 fully saturated rings. The van der Waals surface area contributed by atoms with Gasteiger partial charge in [-0.3, -0.25) is 0 Å². The summed E-state index contributed by atoms with van der Waals surface area (Å²) in [6, 6.07) is 14.6. The van der Waals surface area contributed by atoms with Crippen molar-refractivity contribution in [2.24, 2.45) is 0 Å². The molecule has 2 nitrogen and oxygen atoms in total. The zero-order chi connectivity index (χ0) is 15.9. The molecular weight excluding hydrogens is 338 g/mol. The molecule has 2 rings (SSSR count). The normalized spacial score (nSPS) is 11.0. The standard InChI is InChI=1S/C19H24BrNO/c1-15-7-4-5-8-17(15)14-22-19-11-10-18(20)13-16(19)9-6-12-21(2)3/h4-5,7-8,10-11,13H,6,9,12,14H2,1-3H3. The fraction of sp³-hybridized carbons (Fsp3) is 0.368. The molecule has 2 aromatic carbocycles. The molecule has 3 heteroatoms. The van der Waals surface area contributed by atoms with E-state index in [-0.39, 0.29) is 0 Å². The van der Waals surface area contributed by atoms with E-state index in [1.165, 1.54) is 16.7 Å². The average Bonchev–Trinajstić information content (AvgIpc) is 2.47. The Balaban J connectivity index is 2.05. The minimum Gasteiger partial charge on any atom is -0.489 e. The first kappa shape index (κ1) is 17.0. The van der Waals surface area contributed by atoms with Gasteiger partial charge in [-0.2, -0.15) is 0 Å². The van der Waals surface area contributed by atoms with Crippen molar-refractivity contribution >= 4 is 15.9 Å². The Bertz CT molecular complexity index is 610. The second-order valence-corrected chi connectivity index (χ2v) is 6.79. The molecule has 0 heterocycles. The van der Waals surface area contributed by atoms with Crippen LogP contribution in [0.2, 0.25) is 0 Å². The first-order chi connectivity index (χ1) is 10.6. The molecule has 0 saturated carbocycles. The van der Waals surface area contributed by atoms with Gasteiger partial charge < -0.3 is 9.64 Å². The van der Waals surface area contributed by atoms with E-state index in [9.17, 15) is 0 Å². The first-order valence-electron chi connectivity index (χ1n) is 7.66. The summed E-state index contributed by atoms with van der Waals surface area (Å²) in [4.78, 5) is 2.21. The molecule has 0 unspecified atom stereocenters. The maximum atomic E-state index is 6.08. The number of rotatable bonds is 7. The van der Waals surface area contributed by atoms with Crippen molar-refractivity contribution < 1.29 is 4.74 Å². The summed E-state index contributed by atoms with van der Waals surface area (Å²) in [5, 5.41) is 0. The molecule has 0 spiro atoms. The third-order valence-electron chi connectivity index (χ3n) is 3.72. The summed E-state index contributed by atoms with van der Waals surface area (Å²) >= 11 is 3.56. The molecule has 0 aliphatic heterocycles. The third-order valence-corrected chi connectivity index (χ3v) is 4.21. The first-order valence-corrected chi connectivity index (χ1v) is 8.46. The number of ether oxygens (including phenoxy) is 1. The molecule has 0 aliphatic rings. The Morgan fingerprint density at radius 1 is 1.05 bits per heavy atom. The number of nitrogens with zero attached hydrogens (tertiary/aromatic N) is 1. The van der Waals surface area contributed by atoms with E-state index in [0.717, 1.165) is 29.6 Å². The van der Waals surface area contributed by atoms with Crippen LogP contribution in [-0.2, 0) is 13.0 Å². The Morgan fingerprint density at radius 3 is 2.55 bits per heavy atom. The molecule has 0 aliphatic carbocycles. The molecule has 0 aromatic heterocycles. The van der Waals surface area contributed by atoms with Gasteiger partial charge in [-0.25, -0.2) is 0 Å². The summed E-state index contributed by atoms with van der Waals surface area (Å²) in [6.45, 7) is 3.83. The SMILES string of the molecule is Cc1ccccc1COc1ccc(Br)cc1CCCN(C)C. The Hall–Kier alpha value is -1.32. The topological polar surface area (TPSA) is 12.5 Å². The van der Waals surface area contributed by atoms with Crippen LogP contribution in [0.3, 0.4) is 0 Å². The fourth-order valence-electron chi connectivity index (χ4n) is 2.40. The van der Waals surface area contributed by atoms with Crippen LogP contribution in [0.25, 0.3) is 0 Å². The minimum atomic E-state index is 0.620. The van der Waals surface area contributed by atoms with Gasteiger partial charge in [0.2, 0.25) is 0 Å². The van der Waals surface area contributed by atoms with Crippen molar-refractivity contribution in [2.45, 2.75) is 26.4 Å². The van der Waals surface area contributed by atoms with Crippen molar-refractivity contribution in [3.8, 4) is 5.75 Å². The molecule has 2 aromatic rings. The van der Waals surface area contributed by atoms with Crippen LogP contribution in [0.4, 0.5) is 0 Å². The van der Waals surface area contributed by atoms with Crippen molar-refractivity contribution in [1.82, 2.24) is 4.90 Å². The van der Waals surface area contributed by atoms with Crippen LogP contribution < -0.4 is 4.74 Å². The molecule has 22 heavy (non-hydrogen) atoms. The fourth-order valence-corrected chi connectivity index (χ4v) is 2.81. The van der Waals surface area contributed by atoms with E-state index in [0.29, 0.717) is 6.61 Å². The number of hydrogen-bond acceptors (Lipinski definition) is 2. The highest BCUT2D eigenvalue weighted by atomic mass is 79.9. The van der Waals surface area contributed by atoms with Gasteiger partial charge >= 0.3 is 0 Å². The number of hydrogen-bond donors (Lipinski definition) is 0. The molecule has 0 amide bonds. The van der Waals surface area contributed by atoms with E-state index < -0.39 is 0 Å². The van der Waals surface area contributed by atoms with Gasteiger partial charge in [-0.1, -0.05) is 40.2 Å². The lowest BCUT2D eigenvalue weighted by Gasteiger charge is -2.14. The van der Waals surface area contributed by atoms with Gasteiger partial charge in [0.15, 0.2) is 0 Å². The average molecular weight is 362 g/mol. The predicted molar refractivity (Wildman–Crippen MR) is 96.5 cm³/mol. The van der Waals surface area contributed by atoms with Gasteiger partial charge in [0, 0.05) is 4.47 Å². The largest absolute Gasteiger partial charge is 0.489 e. The molecule has 0 atom stereocenters. The summed E-state index contributed by atoms with van der Waals surface area (Å²) in [5.41, 5.74) is 3.78. The maximum absolute atomic E-state index is 6.08. The smallest absolute Gasteiger partial charge is 0.123 e. The summed E-state index contributed by atoms with van der Waals surface area (Å²) in [6.07, 6.45) is 2.16. The van der Waals surface area contributed by atoms with Crippen LogP contribution in [0.1, 0.15) is 23.1 Å². The molecule has 0 saturated heterocycles. The van der Waals surface area contributed by atoms with E-state index in [1.807, 2.05) is 6.07 Å². The molecule has 0 N–H and O–H groups in total. The third kappa shape index (κ3) is 5.15. The van der Waals surface area contributed by atoms with Crippen molar-refractivity contribution in [3.05, 3.63) is 63.6 Å². The van der Waals surface area contributed by atoms with E-state index in [4.69, 9.17) is 4.74 Å². The lowest BCUT2D eigenvalue weighted by atomic mass is 10.1. The van der Waals surface area contributed by atoms with Crippen molar-refractivity contribution in [1.29, 1.82) is 0 Å². The van der Waals surface area contributed by atoms with Crippen molar-refractivity contribution in [3.63, 3.8) is 0 Å². The second-order valence-electron chi connectivity index (χ2n) is 5.87. The highest BCUT2D eigenvalue weighted by Crippen LogP contribution is 2.25. The van der Waals surface area contributed by atoms with Crippen LogP contribution in [0.15, 0.2) is 46.9 Å². The summed E-state index contributed by atoms with van der Waals surface area (Å²) in [5.74, 6) is 0.991. The number of aryl methyl sites for hydroxylation is 2. The van der Waals surface area contributed by atoms with E-state index in [2.05, 4.69) is 78.2 Å². The molecule has 118 valence electrons. The highest BCUT2D eigenvalue weighted by molar-refractivity contribution is 9.10. The lowest BCUT2D eigenvalue weighted by molar-refractivity contribution is 0.301. The van der Waals surface area contributed by atoms with Crippen LogP contribution in [0.5, 0.6) is 5.75 Å². The Morgan fingerprint density at radius 2 is 1.82 bits per heavy atom. The molecule has 0 bridgehead atoms. The zero-order valence-corrected chi connectivity index (χ0v) is 15.2. The predicted octanol–water partition coefficient (Wildman–Crippen LogP) is 4.83. The number of benzene rings is 2. The quantitative estimate of drug-likeness (QED) is 0.700. The van der Waals surface area contributed by atoms with Crippen LogP contribution in [-0.4, -0.2) is 25.5 Å². The van der Waals surface area contributed by atoms with E-state index in [1.54, 1.807) is 0 Å². The van der Waals surface area contributed by atoms with E-state index >= 15 is 0 Å². The molecular formula is C19H24BrNO. The Kier molecular flexibility index (Phi) is 6.47. The second kappa shape index (κ2) is 8.35. The molecule has 0 radical (unpaired) electrons. The van der Waals surface area contributed by atoms with Gasteiger partial charge in [0.25, 0.3) is 0 Å². The van der Waals surface area contributed by atoms with Gasteiger partial charge in [0.1, 0.15) is 12.4 Å². The lowest BCUT2D eigenvalue weighted by Crippen LogP contribution is -2.13. The van der Waals surface area contributed by atoms with Crippen LogP contribution >= 0.6 is 15.9 Å². The van der Waals surface area contributed by atoms with Gasteiger partial charge in [0.05, 0.1) is 0 Å². The van der Waals surface area contributed by atoms with Gasteiger partial charge in [-0.15, -0.1) is 0 Å². The van der Waals surface area contributed by atoms with Crippen molar-refractivity contribution in [2.75, 3.05) is 20.6 Å². The summed E-state index contributed by atoms with van der Waals surface area (Å²) < 4.78 is 7.19. The number of halogens is 1. The Labute approximate surface area is 142 Å². The van der Waals surface area contributed by atoms with Gasteiger partial charge in [-0.05, 0) is 75.3 Å². The maximum Gasteiger partial charge on any atom is 0.123 e. The zero-order valence-electron chi connectivity index (χ0n) is 13.6. The summed E-state index contributed by atoms with van der Waals surface area (Å²) in [7, 11) is 4.22. The monoisotopic (exact) mass is 361 g/mol. The minimum absolute atomic E-state index is 0.620. The highest BCUT2D eigenvalue weighted by Gasteiger charge is 2.06. The van der Waals surface area contributed by atoms with Crippen LogP contribution in [0, 0.1) is 6.92 Å².